The molecule has 0 aliphatic heterocycles. The molecule has 0 fully saturated rings. The van der Waals surface area contributed by atoms with E-state index in [4.69, 9.17) is 9.15 Å². The van der Waals surface area contributed by atoms with E-state index < -0.39 is 0 Å². The number of nitrogens with one attached hydrogen (secondary N) is 2. The fourth-order valence-corrected chi connectivity index (χ4v) is 2.40. The summed E-state index contributed by atoms with van der Waals surface area (Å²) in [7, 11) is 1.69. The predicted octanol–water partition coefficient (Wildman–Crippen LogP) is 3.64. The van der Waals surface area contributed by atoms with Crippen molar-refractivity contribution in [3.63, 3.8) is 0 Å². The topological polar surface area (TPSA) is 58.8 Å². The fourth-order valence-electron chi connectivity index (χ4n) is 2.40. The van der Waals surface area contributed by atoms with Crippen LogP contribution in [0.4, 0.5) is 0 Å². The van der Waals surface area contributed by atoms with Crippen LogP contribution >= 0.6 is 24.0 Å². The highest BCUT2D eigenvalue weighted by Crippen LogP contribution is 2.13. The minimum absolute atomic E-state index is 0. The smallest absolute Gasteiger partial charge is 0.191 e. The van der Waals surface area contributed by atoms with E-state index in [0.717, 1.165) is 56.4 Å². The lowest BCUT2D eigenvalue weighted by Crippen LogP contribution is -2.38. The maximum atomic E-state index is 5.33. The Hall–Kier alpha value is -1.70. The van der Waals surface area contributed by atoms with Crippen molar-refractivity contribution in [1.82, 2.24) is 10.6 Å². The van der Waals surface area contributed by atoms with E-state index in [2.05, 4.69) is 34.7 Å². The number of guanidine groups is 1. The third-order valence-corrected chi connectivity index (χ3v) is 3.62. The van der Waals surface area contributed by atoms with Crippen LogP contribution < -0.4 is 15.4 Å². The van der Waals surface area contributed by atoms with Crippen LogP contribution in [0.3, 0.4) is 0 Å². The Morgan fingerprint density at radius 2 is 2.04 bits per heavy atom. The molecule has 0 bridgehead atoms. The van der Waals surface area contributed by atoms with Gasteiger partial charge in [0.2, 0.25) is 0 Å². The molecule has 0 amide bonds. The summed E-state index contributed by atoms with van der Waals surface area (Å²) >= 11 is 0. The zero-order valence-electron chi connectivity index (χ0n) is 15.0. The summed E-state index contributed by atoms with van der Waals surface area (Å²) in [6.45, 7) is 4.50. The highest BCUT2D eigenvalue weighted by Gasteiger charge is 2.00. The summed E-state index contributed by atoms with van der Waals surface area (Å²) in [6, 6.07) is 12.1. The second-order valence-electron chi connectivity index (χ2n) is 5.47. The van der Waals surface area contributed by atoms with Gasteiger partial charge in [-0.3, -0.25) is 4.99 Å². The number of benzene rings is 1. The van der Waals surface area contributed by atoms with E-state index in [0.29, 0.717) is 0 Å². The summed E-state index contributed by atoms with van der Waals surface area (Å²) in [4.78, 5) is 4.62. The van der Waals surface area contributed by atoms with Crippen molar-refractivity contribution in [1.29, 1.82) is 0 Å². The molecule has 0 atom stereocenters. The fraction of sp³-hybridized carbons (Fsp3) is 0.421. The van der Waals surface area contributed by atoms with Gasteiger partial charge in [0, 0.05) is 26.1 Å². The predicted molar refractivity (Wildman–Crippen MR) is 113 cm³/mol. The van der Waals surface area contributed by atoms with Crippen molar-refractivity contribution in [3.8, 4) is 5.75 Å². The third-order valence-electron chi connectivity index (χ3n) is 3.62. The second-order valence-corrected chi connectivity index (χ2v) is 5.47. The first-order valence-corrected chi connectivity index (χ1v) is 8.49. The molecular weight excluding hydrogens is 429 g/mol. The van der Waals surface area contributed by atoms with Gasteiger partial charge in [0.15, 0.2) is 5.96 Å². The molecule has 0 radical (unpaired) electrons. The number of hydrogen-bond donors (Lipinski definition) is 2. The van der Waals surface area contributed by atoms with Crippen LogP contribution in [0, 0.1) is 0 Å². The normalized spacial score (nSPS) is 10.9. The first kappa shape index (κ1) is 21.3. The van der Waals surface area contributed by atoms with Crippen molar-refractivity contribution in [2.75, 3.05) is 26.7 Å². The minimum Gasteiger partial charge on any atom is -0.497 e. The monoisotopic (exact) mass is 457 g/mol. The molecule has 1 aromatic heterocycles. The van der Waals surface area contributed by atoms with E-state index in [1.807, 2.05) is 24.3 Å². The van der Waals surface area contributed by atoms with Gasteiger partial charge in [-0.05, 0) is 49.6 Å². The van der Waals surface area contributed by atoms with Crippen LogP contribution in [-0.2, 0) is 12.8 Å². The lowest BCUT2D eigenvalue weighted by atomic mass is 10.1. The Bertz CT molecular complexity index is 615. The van der Waals surface area contributed by atoms with Gasteiger partial charge in [0.1, 0.15) is 11.5 Å². The van der Waals surface area contributed by atoms with Crippen LogP contribution in [0.25, 0.3) is 0 Å². The largest absolute Gasteiger partial charge is 0.497 e. The molecule has 1 aromatic carbocycles. The SMILES string of the molecule is CCNC(=NCCCc1cccc(OC)c1)NCCc1ccco1.I. The maximum Gasteiger partial charge on any atom is 0.191 e. The van der Waals surface area contributed by atoms with Crippen LogP contribution in [0.2, 0.25) is 0 Å². The average Bonchev–Trinajstić information content (AvgIpc) is 3.12. The second kappa shape index (κ2) is 12.6. The highest BCUT2D eigenvalue weighted by atomic mass is 127. The Balaban J connectivity index is 0.00000312. The number of ether oxygens (including phenoxy) is 1. The zero-order valence-corrected chi connectivity index (χ0v) is 17.3. The van der Waals surface area contributed by atoms with Gasteiger partial charge in [-0.25, -0.2) is 0 Å². The Kier molecular flexibility index (Phi) is 10.8. The van der Waals surface area contributed by atoms with E-state index in [-0.39, 0.29) is 24.0 Å². The van der Waals surface area contributed by atoms with Gasteiger partial charge >= 0.3 is 0 Å². The number of aliphatic imine (C=N–C) groups is 1. The first-order valence-electron chi connectivity index (χ1n) is 8.49. The summed E-state index contributed by atoms with van der Waals surface area (Å²) < 4.78 is 10.6. The molecule has 0 aliphatic rings. The summed E-state index contributed by atoms with van der Waals surface area (Å²) in [5, 5.41) is 6.60. The van der Waals surface area contributed by atoms with Crippen molar-refractivity contribution in [3.05, 3.63) is 54.0 Å². The molecule has 0 saturated carbocycles. The summed E-state index contributed by atoms with van der Waals surface area (Å²) in [5.74, 6) is 2.75. The van der Waals surface area contributed by atoms with Gasteiger partial charge in [0.05, 0.1) is 13.4 Å². The zero-order chi connectivity index (χ0) is 17.0. The van der Waals surface area contributed by atoms with Crippen molar-refractivity contribution >= 4 is 29.9 Å². The molecule has 2 aromatic rings. The van der Waals surface area contributed by atoms with Gasteiger partial charge in [-0.2, -0.15) is 0 Å². The van der Waals surface area contributed by atoms with Crippen LogP contribution in [0.1, 0.15) is 24.7 Å². The number of rotatable bonds is 9. The third kappa shape index (κ3) is 8.29. The highest BCUT2D eigenvalue weighted by molar-refractivity contribution is 14.0. The van der Waals surface area contributed by atoms with Gasteiger partial charge < -0.3 is 19.8 Å². The Morgan fingerprint density at radius 1 is 1.16 bits per heavy atom. The Labute approximate surface area is 167 Å². The quantitative estimate of drug-likeness (QED) is 0.261. The van der Waals surface area contributed by atoms with Gasteiger partial charge in [0.25, 0.3) is 0 Å². The molecule has 0 spiro atoms. The van der Waals surface area contributed by atoms with E-state index in [9.17, 15) is 0 Å². The molecule has 0 aliphatic carbocycles. The average molecular weight is 457 g/mol. The van der Waals surface area contributed by atoms with E-state index >= 15 is 0 Å². The van der Waals surface area contributed by atoms with Gasteiger partial charge in [-0.15, -0.1) is 24.0 Å². The molecule has 1 heterocycles. The van der Waals surface area contributed by atoms with E-state index in [1.54, 1.807) is 13.4 Å². The summed E-state index contributed by atoms with van der Waals surface area (Å²) in [6.07, 6.45) is 4.54. The minimum atomic E-state index is 0. The number of nitrogens with zero attached hydrogens (tertiary/aromatic N) is 1. The molecule has 5 nitrogen and oxygen atoms in total. The first-order chi connectivity index (χ1) is 11.8. The lowest BCUT2D eigenvalue weighted by Gasteiger charge is -2.10. The molecular formula is C19H28IN3O2. The van der Waals surface area contributed by atoms with Gasteiger partial charge in [-0.1, -0.05) is 12.1 Å². The number of halogens is 1. The maximum absolute atomic E-state index is 5.33. The molecule has 2 N–H and O–H groups in total. The number of aryl methyl sites for hydroxylation is 1. The molecule has 0 saturated heterocycles. The van der Waals surface area contributed by atoms with Crippen LogP contribution in [0.15, 0.2) is 52.1 Å². The van der Waals surface area contributed by atoms with Crippen molar-refractivity contribution in [2.24, 2.45) is 4.99 Å². The molecule has 25 heavy (non-hydrogen) atoms. The molecule has 138 valence electrons. The standard InChI is InChI=1S/C19H27N3O2.HI/c1-3-20-19(22-13-11-17-10-6-14-24-17)21-12-5-8-16-7-4-9-18(15-16)23-2;/h4,6-7,9-10,14-15H,3,5,8,11-13H2,1-2H3,(H2,20,21,22);1H. The Morgan fingerprint density at radius 3 is 2.76 bits per heavy atom. The van der Waals surface area contributed by atoms with Crippen LogP contribution in [-0.4, -0.2) is 32.7 Å². The number of hydrogen-bond acceptors (Lipinski definition) is 3. The van der Waals surface area contributed by atoms with Crippen molar-refractivity contribution < 1.29 is 9.15 Å². The van der Waals surface area contributed by atoms with Crippen LogP contribution in [0.5, 0.6) is 5.75 Å². The number of methoxy groups -OCH3 is 1. The molecule has 2 rings (SSSR count). The summed E-state index contributed by atoms with van der Waals surface area (Å²) in [5.41, 5.74) is 1.28. The molecule has 6 heteroatoms. The van der Waals surface area contributed by atoms with Crippen molar-refractivity contribution in [2.45, 2.75) is 26.2 Å². The molecule has 0 unspecified atom stereocenters. The lowest BCUT2D eigenvalue weighted by molar-refractivity contribution is 0.414. The van der Waals surface area contributed by atoms with E-state index in [1.165, 1.54) is 5.56 Å². The number of furan rings is 1.